The summed E-state index contributed by atoms with van der Waals surface area (Å²) in [4.78, 5) is 0. The Hall–Kier alpha value is -1.02. The van der Waals surface area contributed by atoms with Gasteiger partial charge in [-0.05, 0) is 54.0 Å². The fourth-order valence-corrected chi connectivity index (χ4v) is 3.51. The van der Waals surface area contributed by atoms with Gasteiger partial charge >= 0.3 is 0 Å². The van der Waals surface area contributed by atoms with Gasteiger partial charge in [0.25, 0.3) is 0 Å². The van der Waals surface area contributed by atoms with Crippen LogP contribution in [-0.2, 0) is 11.8 Å². The van der Waals surface area contributed by atoms with E-state index in [0.717, 1.165) is 13.0 Å². The molecular weight excluding hydrogens is 198 g/mol. The number of nitrogens with one attached hydrogen (secondary N) is 1. The first-order valence-electron chi connectivity index (χ1n) is 6.17. The first-order chi connectivity index (χ1) is 7.61. The Morgan fingerprint density at radius 1 is 1.44 bits per heavy atom. The maximum atomic E-state index is 9.67. The fourth-order valence-electron chi connectivity index (χ4n) is 3.51. The highest BCUT2D eigenvalue weighted by Crippen LogP contribution is 2.46. The first kappa shape index (κ1) is 10.2. The normalized spacial score (nSPS) is 36.9. The lowest BCUT2D eigenvalue weighted by molar-refractivity contribution is 0.158. The number of hydrogen-bond acceptors (Lipinski definition) is 2. The zero-order valence-electron chi connectivity index (χ0n) is 9.96. The molecule has 2 N–H and O–H groups in total. The van der Waals surface area contributed by atoms with Gasteiger partial charge in [0.1, 0.15) is 5.75 Å². The highest BCUT2D eigenvalue weighted by molar-refractivity contribution is 5.44. The van der Waals surface area contributed by atoms with Crippen molar-refractivity contribution in [3.63, 3.8) is 0 Å². The van der Waals surface area contributed by atoms with Gasteiger partial charge in [-0.3, -0.25) is 0 Å². The van der Waals surface area contributed by atoms with E-state index in [-0.39, 0.29) is 5.41 Å². The van der Waals surface area contributed by atoms with Gasteiger partial charge in [-0.15, -0.1) is 0 Å². The molecule has 0 aromatic heterocycles. The Morgan fingerprint density at radius 2 is 2.25 bits per heavy atom. The van der Waals surface area contributed by atoms with Crippen LogP contribution < -0.4 is 5.32 Å². The van der Waals surface area contributed by atoms with E-state index < -0.39 is 0 Å². The predicted octanol–water partition coefficient (Wildman–Crippen LogP) is 2.20. The molecule has 1 aliphatic heterocycles. The standard InChI is InChI=1S/C14H19NO/c1-9-13-7-10-3-4-11(16)8-12(10)14(9,2)5-6-15-13/h3-4,8-9,13,15-16H,5-7H2,1-2H3/t9-,13+,14-/m1/s1. The Bertz CT molecular complexity index is 429. The minimum atomic E-state index is 0.238. The molecule has 0 spiro atoms. The number of rotatable bonds is 0. The number of piperidine rings is 1. The number of aromatic hydroxyl groups is 1. The molecule has 0 saturated carbocycles. The molecule has 0 radical (unpaired) electrons. The summed E-state index contributed by atoms with van der Waals surface area (Å²) in [5, 5.41) is 13.3. The first-order valence-corrected chi connectivity index (χ1v) is 6.17. The Balaban J connectivity index is 2.18. The van der Waals surface area contributed by atoms with Gasteiger partial charge in [-0.25, -0.2) is 0 Å². The summed E-state index contributed by atoms with van der Waals surface area (Å²) in [7, 11) is 0. The largest absolute Gasteiger partial charge is 0.508 e. The van der Waals surface area contributed by atoms with Crippen LogP contribution in [0, 0.1) is 5.92 Å². The van der Waals surface area contributed by atoms with Crippen LogP contribution in [0.25, 0.3) is 0 Å². The summed E-state index contributed by atoms with van der Waals surface area (Å²) in [6.45, 7) is 5.79. The van der Waals surface area contributed by atoms with E-state index in [1.54, 1.807) is 0 Å². The van der Waals surface area contributed by atoms with E-state index >= 15 is 0 Å². The van der Waals surface area contributed by atoms with Gasteiger partial charge in [-0.2, -0.15) is 0 Å². The molecule has 2 nitrogen and oxygen atoms in total. The van der Waals surface area contributed by atoms with Crippen molar-refractivity contribution in [3.05, 3.63) is 29.3 Å². The van der Waals surface area contributed by atoms with Crippen LogP contribution in [0.3, 0.4) is 0 Å². The minimum absolute atomic E-state index is 0.238. The number of benzene rings is 1. The summed E-state index contributed by atoms with van der Waals surface area (Å²) in [6.07, 6.45) is 2.27. The molecule has 16 heavy (non-hydrogen) atoms. The Labute approximate surface area is 96.7 Å². The zero-order chi connectivity index (χ0) is 11.3. The van der Waals surface area contributed by atoms with Crippen LogP contribution in [0.1, 0.15) is 31.4 Å². The third-order valence-electron chi connectivity index (χ3n) is 4.81. The van der Waals surface area contributed by atoms with E-state index in [4.69, 9.17) is 0 Å². The monoisotopic (exact) mass is 217 g/mol. The molecule has 0 unspecified atom stereocenters. The van der Waals surface area contributed by atoms with Crippen molar-refractivity contribution in [3.8, 4) is 5.75 Å². The molecule has 3 atom stereocenters. The quantitative estimate of drug-likeness (QED) is 0.698. The van der Waals surface area contributed by atoms with Crippen LogP contribution >= 0.6 is 0 Å². The molecule has 1 aromatic carbocycles. The molecule has 1 aliphatic carbocycles. The number of fused-ring (bicyclic) bond motifs is 4. The lowest BCUT2D eigenvalue weighted by Gasteiger charge is -2.50. The van der Waals surface area contributed by atoms with Crippen molar-refractivity contribution >= 4 is 0 Å². The van der Waals surface area contributed by atoms with Crippen molar-refractivity contribution in [2.45, 2.75) is 38.1 Å². The van der Waals surface area contributed by atoms with E-state index in [0.29, 0.717) is 17.7 Å². The zero-order valence-corrected chi connectivity index (χ0v) is 9.96. The van der Waals surface area contributed by atoms with E-state index in [1.165, 1.54) is 17.5 Å². The fraction of sp³-hybridized carbons (Fsp3) is 0.571. The predicted molar refractivity (Wildman–Crippen MR) is 64.7 cm³/mol. The third-order valence-corrected chi connectivity index (χ3v) is 4.81. The van der Waals surface area contributed by atoms with Gasteiger partial charge in [0.2, 0.25) is 0 Å². The smallest absolute Gasteiger partial charge is 0.115 e. The molecule has 1 saturated heterocycles. The van der Waals surface area contributed by atoms with Gasteiger partial charge in [0, 0.05) is 6.04 Å². The van der Waals surface area contributed by atoms with Gasteiger partial charge < -0.3 is 10.4 Å². The van der Waals surface area contributed by atoms with Crippen LogP contribution in [0.5, 0.6) is 5.75 Å². The van der Waals surface area contributed by atoms with E-state index in [2.05, 4.69) is 25.2 Å². The molecule has 1 heterocycles. The highest BCUT2D eigenvalue weighted by atomic mass is 16.3. The topological polar surface area (TPSA) is 32.3 Å². The van der Waals surface area contributed by atoms with Crippen molar-refractivity contribution in [1.29, 1.82) is 0 Å². The highest BCUT2D eigenvalue weighted by Gasteiger charge is 2.45. The van der Waals surface area contributed by atoms with Crippen LogP contribution in [0.4, 0.5) is 0 Å². The van der Waals surface area contributed by atoms with Gasteiger partial charge in [-0.1, -0.05) is 19.9 Å². The maximum Gasteiger partial charge on any atom is 0.115 e. The van der Waals surface area contributed by atoms with Crippen LogP contribution in [0.15, 0.2) is 18.2 Å². The number of hydrogen-bond donors (Lipinski definition) is 2. The molecule has 86 valence electrons. The second-order valence-corrected chi connectivity index (χ2v) is 5.56. The molecule has 2 bridgehead atoms. The number of phenolic OH excluding ortho intramolecular Hbond substituents is 1. The van der Waals surface area contributed by atoms with E-state index in [9.17, 15) is 5.11 Å². The maximum absolute atomic E-state index is 9.67. The molecule has 3 rings (SSSR count). The Morgan fingerprint density at radius 3 is 3.06 bits per heavy atom. The molecule has 1 fully saturated rings. The third kappa shape index (κ3) is 1.23. The second kappa shape index (κ2) is 3.24. The van der Waals surface area contributed by atoms with E-state index in [1.807, 2.05) is 12.1 Å². The molecular formula is C14H19NO. The average molecular weight is 217 g/mol. The number of phenols is 1. The summed E-state index contributed by atoms with van der Waals surface area (Å²) in [5.74, 6) is 1.06. The lowest BCUT2D eigenvalue weighted by Crippen LogP contribution is -2.56. The van der Waals surface area contributed by atoms with Gasteiger partial charge in [0.15, 0.2) is 0 Å². The molecule has 0 amide bonds. The average Bonchev–Trinajstić information content (AvgIpc) is 2.25. The minimum Gasteiger partial charge on any atom is -0.508 e. The van der Waals surface area contributed by atoms with Gasteiger partial charge in [0.05, 0.1) is 0 Å². The molecule has 2 aliphatic rings. The Kier molecular flexibility index (Phi) is 2.05. The van der Waals surface area contributed by atoms with Crippen molar-refractivity contribution in [2.75, 3.05) is 6.54 Å². The van der Waals surface area contributed by atoms with Crippen molar-refractivity contribution < 1.29 is 5.11 Å². The summed E-state index contributed by atoms with van der Waals surface area (Å²) >= 11 is 0. The lowest BCUT2D eigenvalue weighted by atomic mass is 9.59. The second-order valence-electron chi connectivity index (χ2n) is 5.56. The van der Waals surface area contributed by atoms with Crippen LogP contribution in [-0.4, -0.2) is 17.7 Å². The SMILES string of the molecule is C[C@@H]1[C@@H]2Cc3ccc(O)cc3[C@]1(C)CCN2. The summed E-state index contributed by atoms with van der Waals surface area (Å²) < 4.78 is 0. The molecule has 1 aromatic rings. The van der Waals surface area contributed by atoms with Crippen molar-refractivity contribution in [2.24, 2.45) is 5.92 Å². The summed E-state index contributed by atoms with van der Waals surface area (Å²) in [6, 6.07) is 6.49. The van der Waals surface area contributed by atoms with Crippen LogP contribution in [0.2, 0.25) is 0 Å². The summed E-state index contributed by atoms with van der Waals surface area (Å²) in [5.41, 5.74) is 3.02. The molecule has 2 heteroatoms. The van der Waals surface area contributed by atoms with Crippen molar-refractivity contribution in [1.82, 2.24) is 5.32 Å².